The van der Waals surface area contributed by atoms with Gasteiger partial charge in [0.25, 0.3) is 11.9 Å². The number of furan rings is 1. The molecule has 5 heteroatoms. The van der Waals surface area contributed by atoms with Crippen LogP contribution in [-0.4, -0.2) is 5.91 Å². The fourth-order valence-electron chi connectivity index (χ4n) is 2.84. The molecule has 1 N–H and O–H groups in total. The quantitative estimate of drug-likeness (QED) is 0.436. The molecule has 0 saturated carbocycles. The van der Waals surface area contributed by atoms with Crippen LogP contribution < -0.4 is 10.1 Å². The van der Waals surface area contributed by atoms with Crippen LogP contribution in [0, 0.1) is 6.92 Å². The van der Waals surface area contributed by atoms with Crippen molar-refractivity contribution in [2.45, 2.75) is 39.2 Å². The molecule has 0 bridgehead atoms. The lowest BCUT2D eigenvalue weighted by Crippen LogP contribution is -2.27. The predicted molar refractivity (Wildman–Crippen MR) is 113 cm³/mol. The van der Waals surface area contributed by atoms with Gasteiger partial charge in [-0.25, -0.2) is 0 Å². The summed E-state index contributed by atoms with van der Waals surface area (Å²) in [5.74, 6) is 1.37. The Kier molecular flexibility index (Phi) is 6.37. The van der Waals surface area contributed by atoms with Gasteiger partial charge in [-0.2, -0.15) is 11.3 Å². The summed E-state index contributed by atoms with van der Waals surface area (Å²) in [5.41, 5.74) is 3.26. The molecule has 0 aliphatic rings. The highest BCUT2D eigenvalue weighted by Crippen LogP contribution is 2.30. The van der Waals surface area contributed by atoms with Gasteiger partial charge in [-0.1, -0.05) is 32.1 Å². The molecular formula is C23H25NO3S. The van der Waals surface area contributed by atoms with Crippen molar-refractivity contribution in [1.82, 2.24) is 5.32 Å². The van der Waals surface area contributed by atoms with Crippen molar-refractivity contribution in [3.05, 3.63) is 82.3 Å². The molecule has 146 valence electrons. The number of amides is 1. The largest absolute Gasteiger partial charge is 0.426 e. The molecule has 0 spiro atoms. The average molecular weight is 396 g/mol. The van der Waals surface area contributed by atoms with Gasteiger partial charge in [-0.3, -0.25) is 4.79 Å². The molecule has 1 atom stereocenters. The monoisotopic (exact) mass is 395 g/mol. The Morgan fingerprint density at radius 2 is 2.07 bits per heavy atom. The number of aryl methyl sites for hydroxylation is 1. The second kappa shape index (κ2) is 8.93. The lowest BCUT2D eigenvalue weighted by atomic mass is 10.0. The topological polar surface area (TPSA) is 51.5 Å². The molecule has 1 unspecified atom stereocenters. The first-order chi connectivity index (χ1) is 13.5. The number of thiophene rings is 1. The first-order valence-electron chi connectivity index (χ1n) is 9.30. The number of carbonyl (C=O) groups is 1. The third kappa shape index (κ3) is 4.73. The number of benzene rings is 1. The van der Waals surface area contributed by atoms with Crippen LogP contribution in [0.4, 0.5) is 0 Å². The van der Waals surface area contributed by atoms with Crippen molar-refractivity contribution >= 4 is 17.2 Å². The number of carbonyl (C=O) groups excluding carboxylic acids is 1. The van der Waals surface area contributed by atoms with Crippen molar-refractivity contribution in [3.8, 4) is 11.7 Å². The lowest BCUT2D eigenvalue weighted by Gasteiger charge is -2.15. The molecule has 0 saturated heterocycles. The summed E-state index contributed by atoms with van der Waals surface area (Å²) in [7, 11) is 0. The van der Waals surface area contributed by atoms with E-state index in [1.807, 2.05) is 35.9 Å². The minimum atomic E-state index is -0.277. The molecule has 0 fully saturated rings. The van der Waals surface area contributed by atoms with E-state index >= 15 is 0 Å². The number of ether oxygens (including phenoxy) is 1. The van der Waals surface area contributed by atoms with E-state index in [0.29, 0.717) is 18.3 Å². The van der Waals surface area contributed by atoms with E-state index in [4.69, 9.17) is 9.15 Å². The van der Waals surface area contributed by atoms with Crippen LogP contribution in [0.15, 0.2) is 64.2 Å². The maximum atomic E-state index is 12.6. The van der Waals surface area contributed by atoms with Gasteiger partial charge < -0.3 is 14.5 Å². The van der Waals surface area contributed by atoms with E-state index in [2.05, 4.69) is 31.8 Å². The molecule has 1 amide bonds. The molecule has 4 nitrogen and oxygen atoms in total. The fraction of sp³-hybridized carbons (Fsp3) is 0.261. The van der Waals surface area contributed by atoms with Crippen molar-refractivity contribution in [1.29, 1.82) is 0 Å². The van der Waals surface area contributed by atoms with Crippen LogP contribution in [-0.2, 0) is 0 Å². The summed E-state index contributed by atoms with van der Waals surface area (Å²) in [5, 5.41) is 7.01. The maximum absolute atomic E-state index is 12.6. The molecule has 0 aliphatic heterocycles. The van der Waals surface area contributed by atoms with Crippen molar-refractivity contribution in [2.75, 3.05) is 0 Å². The smallest absolute Gasteiger partial charge is 0.290 e. The van der Waals surface area contributed by atoms with Gasteiger partial charge >= 0.3 is 0 Å². The second-order valence-electron chi connectivity index (χ2n) is 7.01. The van der Waals surface area contributed by atoms with Gasteiger partial charge in [-0.05, 0) is 64.9 Å². The van der Waals surface area contributed by atoms with Crippen LogP contribution in [0.25, 0.3) is 0 Å². The third-order valence-corrected chi connectivity index (χ3v) is 5.25. The van der Waals surface area contributed by atoms with Gasteiger partial charge in [0.15, 0.2) is 5.76 Å². The second-order valence-corrected chi connectivity index (χ2v) is 7.79. The summed E-state index contributed by atoms with van der Waals surface area (Å²) in [6.45, 7) is 10.0. The van der Waals surface area contributed by atoms with E-state index in [1.54, 1.807) is 29.5 Å². The number of nitrogens with one attached hydrogen (secondary N) is 1. The molecule has 0 aliphatic carbocycles. The summed E-state index contributed by atoms with van der Waals surface area (Å²) in [6, 6.07) is 11.3. The van der Waals surface area contributed by atoms with Crippen LogP contribution in [0.1, 0.15) is 59.5 Å². The van der Waals surface area contributed by atoms with Gasteiger partial charge in [0.1, 0.15) is 5.75 Å². The highest BCUT2D eigenvalue weighted by molar-refractivity contribution is 7.08. The van der Waals surface area contributed by atoms with Crippen molar-refractivity contribution in [3.63, 3.8) is 0 Å². The van der Waals surface area contributed by atoms with E-state index in [-0.39, 0.29) is 17.7 Å². The van der Waals surface area contributed by atoms with Crippen molar-refractivity contribution in [2.24, 2.45) is 0 Å². The molecular weight excluding hydrogens is 370 g/mol. The fourth-order valence-corrected chi connectivity index (χ4v) is 3.55. The number of hydrogen-bond donors (Lipinski definition) is 1. The summed E-state index contributed by atoms with van der Waals surface area (Å²) >= 11 is 1.60. The molecule has 3 rings (SSSR count). The molecule has 0 radical (unpaired) electrons. The molecule has 2 aromatic heterocycles. The number of hydrogen-bond acceptors (Lipinski definition) is 4. The SMILES string of the molecule is C=CCC(NC(=O)c1ccc(Oc2cc(C(C)C)ccc2C)o1)c1ccsc1. The number of rotatable bonds is 8. The minimum Gasteiger partial charge on any atom is -0.426 e. The maximum Gasteiger partial charge on any atom is 0.290 e. The van der Waals surface area contributed by atoms with E-state index < -0.39 is 0 Å². The third-order valence-electron chi connectivity index (χ3n) is 4.55. The van der Waals surface area contributed by atoms with Gasteiger partial charge in [-0.15, -0.1) is 6.58 Å². The minimum absolute atomic E-state index is 0.129. The Morgan fingerprint density at radius 1 is 1.25 bits per heavy atom. The molecule has 1 aromatic carbocycles. The van der Waals surface area contributed by atoms with Crippen molar-refractivity contribution < 1.29 is 13.9 Å². The average Bonchev–Trinajstić information content (AvgIpc) is 3.35. The van der Waals surface area contributed by atoms with Gasteiger partial charge in [0.2, 0.25) is 0 Å². The zero-order chi connectivity index (χ0) is 20.1. The Hall–Kier alpha value is -2.79. The van der Waals surface area contributed by atoms with Gasteiger partial charge in [0, 0.05) is 6.07 Å². The Bertz CT molecular complexity index is 941. The van der Waals surface area contributed by atoms with E-state index in [0.717, 1.165) is 16.9 Å². The van der Waals surface area contributed by atoms with Crippen LogP contribution in [0.2, 0.25) is 0 Å². The summed E-state index contributed by atoms with van der Waals surface area (Å²) in [6.07, 6.45) is 2.44. The Morgan fingerprint density at radius 3 is 2.75 bits per heavy atom. The first kappa shape index (κ1) is 20.0. The highest BCUT2D eigenvalue weighted by atomic mass is 32.1. The molecule has 2 heterocycles. The van der Waals surface area contributed by atoms with Crippen LogP contribution >= 0.6 is 11.3 Å². The standard InChI is InChI=1S/C23H25NO3S/c1-5-6-19(18-11-12-28-14-18)24-23(25)20-9-10-22(26-20)27-21-13-17(15(2)3)8-7-16(21)4/h5,7-15,19H,1,6H2,2-4H3,(H,24,25). The predicted octanol–water partition coefficient (Wildman–Crippen LogP) is 6.61. The zero-order valence-corrected chi connectivity index (χ0v) is 17.2. The Balaban J connectivity index is 1.72. The zero-order valence-electron chi connectivity index (χ0n) is 16.4. The first-order valence-corrected chi connectivity index (χ1v) is 10.2. The van der Waals surface area contributed by atoms with E-state index in [1.165, 1.54) is 5.56 Å². The van der Waals surface area contributed by atoms with Crippen LogP contribution in [0.3, 0.4) is 0 Å². The van der Waals surface area contributed by atoms with Crippen LogP contribution in [0.5, 0.6) is 11.7 Å². The highest BCUT2D eigenvalue weighted by Gasteiger charge is 2.18. The normalized spacial score (nSPS) is 12.0. The van der Waals surface area contributed by atoms with E-state index in [9.17, 15) is 4.79 Å². The molecule has 3 aromatic rings. The summed E-state index contributed by atoms with van der Waals surface area (Å²) < 4.78 is 11.5. The molecule has 28 heavy (non-hydrogen) atoms. The Labute approximate surface area is 169 Å². The summed E-state index contributed by atoms with van der Waals surface area (Å²) in [4.78, 5) is 12.6. The lowest BCUT2D eigenvalue weighted by molar-refractivity contribution is 0.0904. The van der Waals surface area contributed by atoms with Gasteiger partial charge in [0.05, 0.1) is 6.04 Å².